The lowest BCUT2D eigenvalue weighted by atomic mass is 10.1. The fraction of sp³-hybridized carbons (Fsp3) is 0.600. The molecule has 0 aliphatic carbocycles. The fourth-order valence-corrected chi connectivity index (χ4v) is 5.15. The molecule has 6 heteroatoms. The summed E-state index contributed by atoms with van der Waals surface area (Å²) in [5.74, 6) is 1.17. The molecule has 0 aliphatic rings. The number of nitrogens with zero attached hydrogens (tertiary/aromatic N) is 3. The van der Waals surface area contributed by atoms with Crippen molar-refractivity contribution in [3.05, 3.63) is 35.1 Å². The predicted molar refractivity (Wildman–Crippen MR) is 119 cm³/mol. The zero-order valence-corrected chi connectivity index (χ0v) is 18.9. The normalized spacial score (nSPS) is 11.2. The van der Waals surface area contributed by atoms with Crippen LogP contribution in [-0.4, -0.2) is 20.5 Å². The molecule has 0 unspecified atom stereocenters. The molecule has 2 rings (SSSR count). The molecule has 1 aromatic carbocycles. The molecule has 26 heavy (non-hydrogen) atoms. The Balaban J connectivity index is 1.53. The highest BCUT2D eigenvalue weighted by Gasteiger charge is 2.07. The van der Waals surface area contributed by atoms with Crippen LogP contribution in [0.3, 0.4) is 0 Å². The van der Waals surface area contributed by atoms with Gasteiger partial charge in [-0.3, -0.25) is 4.57 Å². The van der Waals surface area contributed by atoms with Gasteiger partial charge in [-0.1, -0.05) is 91.4 Å². The molecule has 1 heterocycles. The highest BCUT2D eigenvalue weighted by molar-refractivity contribution is 9.10. The molecule has 0 saturated carbocycles. The molecule has 0 N–H and O–H groups in total. The third-order valence-corrected chi connectivity index (χ3v) is 7.17. The molecule has 0 radical (unpaired) electrons. The van der Waals surface area contributed by atoms with Crippen LogP contribution in [0.2, 0.25) is 0 Å². The summed E-state index contributed by atoms with van der Waals surface area (Å²) in [6.45, 7) is 2.28. The van der Waals surface area contributed by atoms with Crippen LogP contribution in [0.5, 0.6) is 0 Å². The maximum atomic E-state index is 4.25. The Hall–Kier alpha value is -0.460. The van der Waals surface area contributed by atoms with Crippen LogP contribution in [0.25, 0.3) is 5.69 Å². The van der Waals surface area contributed by atoms with Gasteiger partial charge >= 0.3 is 0 Å². The van der Waals surface area contributed by atoms with E-state index in [0.29, 0.717) is 0 Å². The molecule has 3 nitrogen and oxygen atoms in total. The van der Waals surface area contributed by atoms with Gasteiger partial charge in [0.1, 0.15) is 6.33 Å². The average Bonchev–Trinajstić information content (AvgIpc) is 3.12. The van der Waals surface area contributed by atoms with E-state index in [4.69, 9.17) is 0 Å². The molecule has 144 valence electrons. The van der Waals surface area contributed by atoms with Crippen molar-refractivity contribution in [2.45, 2.75) is 76.3 Å². The number of benzene rings is 1. The molecule has 0 aliphatic heterocycles. The van der Waals surface area contributed by atoms with E-state index in [0.717, 1.165) is 15.3 Å². The largest absolute Gasteiger partial charge is 0.276 e. The number of rotatable bonds is 14. The van der Waals surface area contributed by atoms with Crippen LogP contribution in [-0.2, 0) is 0 Å². The minimum atomic E-state index is 0.949. The van der Waals surface area contributed by atoms with Gasteiger partial charge in [0.05, 0.1) is 0 Å². The fourth-order valence-electron chi connectivity index (χ4n) is 2.80. The van der Waals surface area contributed by atoms with Crippen molar-refractivity contribution in [2.75, 3.05) is 5.75 Å². The first kappa shape index (κ1) is 21.8. The van der Waals surface area contributed by atoms with Crippen LogP contribution >= 0.6 is 37.5 Å². The number of halogens is 1. The molecular weight excluding hydrogens is 426 g/mol. The van der Waals surface area contributed by atoms with Crippen LogP contribution < -0.4 is 0 Å². The summed E-state index contributed by atoms with van der Waals surface area (Å²) < 4.78 is 3.13. The van der Waals surface area contributed by atoms with E-state index >= 15 is 0 Å². The Labute approximate surface area is 174 Å². The number of aromatic nitrogens is 3. The predicted octanol–water partition coefficient (Wildman–Crippen LogP) is 7.69. The maximum Gasteiger partial charge on any atom is 0.206 e. The molecule has 0 bridgehead atoms. The third kappa shape index (κ3) is 8.49. The standard InChI is InChI=1S/C20H30BrN3S2/c1-2-3-4-5-6-7-8-9-10-11-16-25-26-20-23-22-17-24(20)19-14-12-18(21)13-15-19/h12-15,17H,2-11,16H2,1H3. The van der Waals surface area contributed by atoms with E-state index in [2.05, 4.69) is 45.2 Å². The monoisotopic (exact) mass is 455 g/mol. The van der Waals surface area contributed by atoms with Gasteiger partial charge in [0.2, 0.25) is 5.16 Å². The minimum absolute atomic E-state index is 0.949. The zero-order valence-electron chi connectivity index (χ0n) is 15.7. The first-order valence-corrected chi connectivity index (χ1v) is 12.9. The summed E-state index contributed by atoms with van der Waals surface area (Å²) in [6.07, 6.45) is 15.7. The highest BCUT2D eigenvalue weighted by Crippen LogP contribution is 2.31. The van der Waals surface area contributed by atoms with Crippen LogP contribution in [0, 0.1) is 0 Å². The summed E-state index contributed by atoms with van der Waals surface area (Å²) in [6, 6.07) is 8.23. The molecule has 0 spiro atoms. The van der Waals surface area contributed by atoms with Gasteiger partial charge in [0, 0.05) is 15.9 Å². The minimum Gasteiger partial charge on any atom is -0.276 e. The summed E-state index contributed by atoms with van der Waals surface area (Å²) in [5.41, 5.74) is 1.10. The summed E-state index contributed by atoms with van der Waals surface area (Å²) in [4.78, 5) is 0. The van der Waals surface area contributed by atoms with Crippen molar-refractivity contribution in [3.8, 4) is 5.69 Å². The van der Waals surface area contributed by atoms with E-state index in [1.165, 1.54) is 70.0 Å². The van der Waals surface area contributed by atoms with Gasteiger partial charge in [0.15, 0.2) is 0 Å². The van der Waals surface area contributed by atoms with Gasteiger partial charge in [-0.2, -0.15) is 0 Å². The summed E-state index contributed by atoms with van der Waals surface area (Å²) in [5, 5.41) is 9.26. The first-order chi connectivity index (χ1) is 12.8. The lowest BCUT2D eigenvalue weighted by Gasteiger charge is -2.06. The first-order valence-electron chi connectivity index (χ1n) is 9.76. The molecule has 0 amide bonds. The SMILES string of the molecule is CCCCCCCCCCCCSSc1nncn1-c1ccc(Br)cc1. The molecular formula is C20H30BrN3S2. The Morgan fingerprint density at radius 1 is 0.885 bits per heavy atom. The Morgan fingerprint density at radius 3 is 2.15 bits per heavy atom. The van der Waals surface area contributed by atoms with Crippen molar-refractivity contribution >= 4 is 37.5 Å². The van der Waals surface area contributed by atoms with Crippen molar-refractivity contribution < 1.29 is 0 Å². The van der Waals surface area contributed by atoms with E-state index in [1.807, 2.05) is 27.5 Å². The smallest absolute Gasteiger partial charge is 0.206 e. The van der Waals surface area contributed by atoms with Crippen LogP contribution in [0.4, 0.5) is 0 Å². The Morgan fingerprint density at radius 2 is 1.50 bits per heavy atom. The summed E-state index contributed by atoms with van der Waals surface area (Å²) in [7, 11) is 3.61. The number of hydrogen-bond acceptors (Lipinski definition) is 4. The Bertz CT molecular complexity index is 601. The third-order valence-electron chi connectivity index (χ3n) is 4.34. The molecule has 0 fully saturated rings. The lowest BCUT2D eigenvalue weighted by molar-refractivity contribution is 0.563. The molecule has 0 saturated heterocycles. The van der Waals surface area contributed by atoms with E-state index in [1.54, 1.807) is 17.1 Å². The van der Waals surface area contributed by atoms with Gasteiger partial charge in [-0.25, -0.2) is 0 Å². The van der Waals surface area contributed by atoms with Crippen molar-refractivity contribution in [2.24, 2.45) is 0 Å². The van der Waals surface area contributed by atoms with E-state index < -0.39 is 0 Å². The second-order valence-corrected chi connectivity index (χ2v) is 9.85. The topological polar surface area (TPSA) is 30.7 Å². The van der Waals surface area contributed by atoms with Gasteiger partial charge in [-0.05, 0) is 41.5 Å². The maximum absolute atomic E-state index is 4.25. The molecule has 1 aromatic heterocycles. The second-order valence-electron chi connectivity index (χ2n) is 6.55. The lowest BCUT2D eigenvalue weighted by Crippen LogP contribution is -1.93. The number of unbranched alkanes of at least 4 members (excludes halogenated alkanes) is 9. The number of hydrogen-bond donors (Lipinski definition) is 0. The van der Waals surface area contributed by atoms with Gasteiger partial charge in [-0.15, -0.1) is 10.2 Å². The van der Waals surface area contributed by atoms with Crippen LogP contribution in [0.1, 0.15) is 71.1 Å². The quantitative estimate of drug-likeness (QED) is 0.215. The van der Waals surface area contributed by atoms with Crippen molar-refractivity contribution in [1.29, 1.82) is 0 Å². The Kier molecular flexibility index (Phi) is 11.5. The summed E-state index contributed by atoms with van der Waals surface area (Å²) >= 11 is 3.47. The van der Waals surface area contributed by atoms with Crippen molar-refractivity contribution in [3.63, 3.8) is 0 Å². The van der Waals surface area contributed by atoms with Crippen LogP contribution in [0.15, 0.2) is 40.2 Å². The van der Waals surface area contributed by atoms with Crippen molar-refractivity contribution in [1.82, 2.24) is 14.8 Å². The van der Waals surface area contributed by atoms with Gasteiger partial charge in [0.25, 0.3) is 0 Å². The van der Waals surface area contributed by atoms with E-state index in [9.17, 15) is 0 Å². The average molecular weight is 457 g/mol. The molecule has 2 aromatic rings. The van der Waals surface area contributed by atoms with Gasteiger partial charge < -0.3 is 0 Å². The highest BCUT2D eigenvalue weighted by atomic mass is 79.9. The second kappa shape index (κ2) is 13.7. The molecule has 0 atom stereocenters. The zero-order chi connectivity index (χ0) is 18.5. The van der Waals surface area contributed by atoms with E-state index in [-0.39, 0.29) is 0 Å².